The van der Waals surface area contributed by atoms with Crippen LogP contribution in [0.2, 0.25) is 0 Å². The number of likely N-dealkylation sites (tertiary alicyclic amines) is 1. The largest absolute Gasteiger partial charge is 0.494 e. The Morgan fingerprint density at radius 1 is 1.18 bits per heavy atom. The molecule has 1 aliphatic carbocycles. The highest BCUT2D eigenvalue weighted by atomic mass is 32.2. The Bertz CT molecular complexity index is 1650. The van der Waals surface area contributed by atoms with Crippen molar-refractivity contribution in [3.8, 4) is 5.75 Å². The van der Waals surface area contributed by atoms with Gasteiger partial charge in [-0.05, 0) is 49.7 Å². The maximum absolute atomic E-state index is 14.1. The van der Waals surface area contributed by atoms with Crippen LogP contribution in [0.5, 0.6) is 5.75 Å². The van der Waals surface area contributed by atoms with Crippen LogP contribution in [-0.4, -0.2) is 80.1 Å². The van der Waals surface area contributed by atoms with Crippen molar-refractivity contribution in [1.82, 2.24) is 19.2 Å². The van der Waals surface area contributed by atoms with Gasteiger partial charge in [0.15, 0.2) is 0 Å². The van der Waals surface area contributed by atoms with Gasteiger partial charge in [0.1, 0.15) is 17.1 Å². The van der Waals surface area contributed by atoms with Crippen molar-refractivity contribution < 1.29 is 31.1 Å². The third-order valence-corrected chi connectivity index (χ3v) is 9.28. The van der Waals surface area contributed by atoms with E-state index >= 15 is 0 Å². The number of methoxy groups -OCH3 is 1. The van der Waals surface area contributed by atoms with Gasteiger partial charge < -0.3 is 25.6 Å². The van der Waals surface area contributed by atoms with Crippen LogP contribution < -0.4 is 20.7 Å². The second-order valence-corrected chi connectivity index (χ2v) is 13.2. The molecule has 1 unspecified atom stereocenters. The van der Waals surface area contributed by atoms with Crippen molar-refractivity contribution in [2.24, 2.45) is 5.92 Å². The third kappa shape index (κ3) is 6.74. The minimum Gasteiger partial charge on any atom is -0.494 e. The maximum Gasteiger partial charge on any atom is 0.421 e. The van der Waals surface area contributed by atoms with Gasteiger partial charge in [-0.25, -0.2) is 13.4 Å². The van der Waals surface area contributed by atoms with Crippen molar-refractivity contribution in [2.45, 2.75) is 31.1 Å². The second kappa shape index (κ2) is 12.2. The summed E-state index contributed by atoms with van der Waals surface area (Å²) in [6.07, 6.45) is -2.01. The van der Waals surface area contributed by atoms with E-state index in [2.05, 4.69) is 30.8 Å². The number of hydrogen-bond donors (Lipinski definition) is 3. The first kappa shape index (κ1) is 31.5. The molecule has 3 atom stereocenters. The minimum absolute atomic E-state index is 0.104. The summed E-state index contributed by atoms with van der Waals surface area (Å²) in [4.78, 5) is 22.8. The number of rotatable bonds is 9. The number of nitrogens with one attached hydrogen (secondary N) is 3. The first-order valence-corrected chi connectivity index (χ1v) is 15.8. The predicted molar refractivity (Wildman–Crippen MR) is 160 cm³/mol. The number of alkyl halides is 3. The van der Waals surface area contributed by atoms with Crippen LogP contribution in [0.4, 0.5) is 36.3 Å². The second-order valence-electron chi connectivity index (χ2n) is 11.1. The number of benzene rings is 2. The van der Waals surface area contributed by atoms with Gasteiger partial charge in [0.25, 0.3) is 0 Å². The highest BCUT2D eigenvalue weighted by Crippen LogP contribution is 2.41. The number of hydrogen-bond acceptors (Lipinski definition) is 9. The first-order valence-electron chi connectivity index (χ1n) is 13.9. The number of nitrogens with zero attached hydrogens (tertiary/aromatic N) is 4. The lowest BCUT2D eigenvalue weighted by atomic mass is 10.1. The van der Waals surface area contributed by atoms with Crippen molar-refractivity contribution in [2.75, 3.05) is 56.5 Å². The molecule has 0 radical (unpaired) electrons. The Balaban J connectivity index is 1.41. The van der Waals surface area contributed by atoms with E-state index in [-0.39, 0.29) is 24.2 Å². The molecular weight excluding hydrogens is 599 g/mol. The van der Waals surface area contributed by atoms with Gasteiger partial charge in [0.05, 0.1) is 37.1 Å². The smallest absolute Gasteiger partial charge is 0.421 e. The molecule has 1 amide bonds. The van der Waals surface area contributed by atoms with E-state index in [9.17, 15) is 26.4 Å². The van der Waals surface area contributed by atoms with Gasteiger partial charge in [0.2, 0.25) is 21.9 Å². The van der Waals surface area contributed by atoms with E-state index in [4.69, 9.17) is 4.74 Å². The Kier molecular flexibility index (Phi) is 8.73. The summed E-state index contributed by atoms with van der Waals surface area (Å²) in [7, 11) is 1.10. The van der Waals surface area contributed by atoms with Gasteiger partial charge in [0, 0.05) is 31.5 Å². The number of carbonyl (C=O) groups is 1. The molecule has 2 heterocycles. The van der Waals surface area contributed by atoms with Crippen molar-refractivity contribution in [1.29, 1.82) is 0 Å². The third-order valence-electron chi connectivity index (χ3n) is 8.00. The molecule has 0 saturated carbocycles. The van der Waals surface area contributed by atoms with E-state index < -0.39 is 39.7 Å². The summed E-state index contributed by atoms with van der Waals surface area (Å²) in [6.45, 7) is 1.51. The zero-order chi connectivity index (χ0) is 31.8. The molecule has 2 aliphatic rings. The predicted octanol–water partition coefficient (Wildman–Crippen LogP) is 4.11. The number of fused-ring (bicyclic) bond motifs is 1. The number of sulfonamides is 1. The van der Waals surface area contributed by atoms with Crippen LogP contribution in [0.1, 0.15) is 29.2 Å². The summed E-state index contributed by atoms with van der Waals surface area (Å²) in [5.41, 5.74) is 1.30. The molecule has 11 nitrogen and oxygen atoms in total. The lowest BCUT2D eigenvalue weighted by molar-refractivity contribution is -0.137. The van der Waals surface area contributed by atoms with E-state index in [1.165, 1.54) is 14.2 Å². The van der Waals surface area contributed by atoms with Gasteiger partial charge >= 0.3 is 6.18 Å². The summed E-state index contributed by atoms with van der Waals surface area (Å²) < 4.78 is 73.8. The van der Waals surface area contributed by atoms with E-state index in [0.717, 1.165) is 29.1 Å². The van der Waals surface area contributed by atoms with Crippen molar-refractivity contribution in [3.63, 3.8) is 0 Å². The molecule has 15 heteroatoms. The lowest BCUT2D eigenvalue weighted by Crippen LogP contribution is -2.39. The molecule has 5 rings (SSSR count). The topological polar surface area (TPSA) is 129 Å². The van der Waals surface area contributed by atoms with Crippen LogP contribution in [0.3, 0.4) is 0 Å². The zero-order valence-corrected chi connectivity index (χ0v) is 25.5. The number of carbonyl (C=O) groups excluding carboxylic acids is 1. The molecular formula is C29H34F3N7O4S. The SMILES string of the molecule is COc1cc(NC(=O)C2CCN(C)C2)ccc1Nc1ncc(C(F)(F)F)c(N[C@@H]2Cc3ccccc3[C@H]2N(C)S(C)(=O)=O)n1. The van der Waals surface area contributed by atoms with Gasteiger partial charge in [-0.3, -0.25) is 4.79 Å². The number of amides is 1. The minimum atomic E-state index is -4.78. The number of halogens is 3. The summed E-state index contributed by atoms with van der Waals surface area (Å²) in [5, 5.41) is 8.67. The van der Waals surface area contributed by atoms with Crippen molar-refractivity contribution >= 4 is 39.1 Å². The molecule has 1 aromatic heterocycles. The molecule has 1 fully saturated rings. The summed E-state index contributed by atoms with van der Waals surface area (Å²) in [6, 6.07) is 10.5. The number of aromatic nitrogens is 2. The van der Waals surface area contributed by atoms with Gasteiger partial charge in [-0.2, -0.15) is 22.5 Å². The van der Waals surface area contributed by atoms with Crippen LogP contribution in [0.25, 0.3) is 0 Å². The first-order chi connectivity index (χ1) is 20.7. The Morgan fingerprint density at radius 2 is 1.93 bits per heavy atom. The number of likely N-dealkylation sites (N-methyl/N-ethyl adjacent to an activating group) is 1. The molecule has 0 spiro atoms. The average molecular weight is 634 g/mol. The quantitative estimate of drug-likeness (QED) is 0.319. The normalized spacial score (nSPS) is 20.4. The summed E-state index contributed by atoms with van der Waals surface area (Å²) in [5.74, 6) is -0.560. The Morgan fingerprint density at radius 3 is 2.59 bits per heavy atom. The molecule has 3 aromatic rings. The molecule has 1 aliphatic heterocycles. The van der Waals surface area contributed by atoms with E-state index in [1.54, 1.807) is 36.4 Å². The number of ether oxygens (including phenoxy) is 1. The average Bonchev–Trinajstić information content (AvgIpc) is 3.55. The standard InChI is InChI=1S/C29H34F3N7O4S/c1-38-12-11-18(16-38)27(40)34-19-9-10-22(24(14-19)43-3)36-28-33-15-21(29(30,31)32)26(37-28)35-23-13-17-7-5-6-8-20(17)25(23)39(2)44(4,41)42/h5-10,14-15,18,23,25H,11-13,16H2,1-4H3,(H,34,40)(H2,33,35,36,37)/t18?,23-,25-/m1/s1. The summed E-state index contributed by atoms with van der Waals surface area (Å²) >= 11 is 0. The Labute approximate surface area is 253 Å². The number of anilines is 4. The molecule has 236 valence electrons. The van der Waals surface area contributed by atoms with E-state index in [1.807, 2.05) is 13.1 Å². The fraction of sp³-hybridized carbons (Fsp3) is 0.414. The van der Waals surface area contributed by atoms with E-state index in [0.29, 0.717) is 35.4 Å². The fourth-order valence-corrected chi connectivity index (χ4v) is 6.35. The monoisotopic (exact) mass is 633 g/mol. The van der Waals surface area contributed by atoms with Crippen LogP contribution in [0, 0.1) is 5.92 Å². The highest BCUT2D eigenvalue weighted by molar-refractivity contribution is 7.88. The van der Waals surface area contributed by atoms with Gasteiger partial charge in [-0.15, -0.1) is 0 Å². The van der Waals surface area contributed by atoms with Crippen LogP contribution in [0.15, 0.2) is 48.7 Å². The molecule has 1 saturated heterocycles. The maximum atomic E-state index is 14.1. The van der Waals surface area contributed by atoms with Crippen LogP contribution >= 0.6 is 0 Å². The molecule has 44 heavy (non-hydrogen) atoms. The zero-order valence-electron chi connectivity index (χ0n) is 24.6. The van der Waals surface area contributed by atoms with Crippen LogP contribution in [-0.2, 0) is 27.4 Å². The molecule has 2 aromatic carbocycles. The van der Waals surface area contributed by atoms with Crippen molar-refractivity contribution in [3.05, 3.63) is 65.4 Å². The Hall–Kier alpha value is -3.95. The lowest BCUT2D eigenvalue weighted by Gasteiger charge is -2.30. The van der Waals surface area contributed by atoms with Gasteiger partial charge in [-0.1, -0.05) is 24.3 Å². The molecule has 0 bridgehead atoms. The molecule has 3 N–H and O–H groups in total. The highest BCUT2D eigenvalue weighted by Gasteiger charge is 2.41. The fourth-order valence-electron chi connectivity index (χ4n) is 5.68.